The minimum atomic E-state index is -4.05. The number of ether oxygens (including phenoxy) is 1. The SMILES string of the molecule is COc1cc(NS(=O)(=O)c2ccc(N)cc2F)ccc1Br. The van der Waals surface area contributed by atoms with Crippen LogP contribution < -0.4 is 15.2 Å². The van der Waals surface area contributed by atoms with Crippen LogP contribution in [0.25, 0.3) is 0 Å². The van der Waals surface area contributed by atoms with Gasteiger partial charge in [-0.15, -0.1) is 0 Å². The van der Waals surface area contributed by atoms with Gasteiger partial charge in [0.15, 0.2) is 0 Å². The van der Waals surface area contributed by atoms with Crippen molar-refractivity contribution in [1.82, 2.24) is 0 Å². The minimum Gasteiger partial charge on any atom is -0.495 e. The van der Waals surface area contributed by atoms with Crippen molar-refractivity contribution in [3.63, 3.8) is 0 Å². The predicted molar refractivity (Wildman–Crippen MR) is 82.3 cm³/mol. The van der Waals surface area contributed by atoms with Crippen LogP contribution in [0, 0.1) is 5.82 Å². The van der Waals surface area contributed by atoms with Gasteiger partial charge in [0.2, 0.25) is 0 Å². The number of sulfonamides is 1. The number of anilines is 2. The number of benzene rings is 2. The summed E-state index contributed by atoms with van der Waals surface area (Å²) < 4.78 is 46.1. The van der Waals surface area contributed by atoms with Gasteiger partial charge in [-0.3, -0.25) is 4.72 Å². The lowest BCUT2D eigenvalue weighted by Gasteiger charge is -2.11. The molecular formula is C13H12BrFN2O3S. The maximum Gasteiger partial charge on any atom is 0.264 e. The molecule has 0 aliphatic rings. The van der Waals surface area contributed by atoms with Crippen molar-refractivity contribution in [2.24, 2.45) is 0 Å². The van der Waals surface area contributed by atoms with E-state index < -0.39 is 20.7 Å². The number of halogens is 2. The van der Waals surface area contributed by atoms with E-state index in [0.29, 0.717) is 10.2 Å². The highest BCUT2D eigenvalue weighted by molar-refractivity contribution is 9.10. The van der Waals surface area contributed by atoms with Gasteiger partial charge in [0, 0.05) is 11.8 Å². The molecule has 8 heteroatoms. The molecule has 0 spiro atoms. The van der Waals surface area contributed by atoms with Crippen molar-refractivity contribution in [3.05, 3.63) is 46.7 Å². The van der Waals surface area contributed by atoms with Crippen LogP contribution in [-0.2, 0) is 10.0 Å². The Balaban J connectivity index is 2.37. The van der Waals surface area contributed by atoms with Crippen molar-refractivity contribution in [2.45, 2.75) is 4.90 Å². The Morgan fingerprint density at radius 1 is 1.24 bits per heavy atom. The molecule has 2 aromatic rings. The molecule has 5 nitrogen and oxygen atoms in total. The number of rotatable bonds is 4. The first-order valence-electron chi connectivity index (χ1n) is 5.75. The van der Waals surface area contributed by atoms with Gasteiger partial charge < -0.3 is 10.5 Å². The van der Waals surface area contributed by atoms with Crippen LogP contribution in [0.1, 0.15) is 0 Å². The normalized spacial score (nSPS) is 11.2. The van der Waals surface area contributed by atoms with Crippen molar-refractivity contribution in [3.8, 4) is 5.75 Å². The summed E-state index contributed by atoms with van der Waals surface area (Å²) in [5.41, 5.74) is 5.81. The summed E-state index contributed by atoms with van der Waals surface area (Å²) in [7, 11) is -2.59. The smallest absolute Gasteiger partial charge is 0.264 e. The second-order valence-corrected chi connectivity index (χ2v) is 6.65. The Labute approximate surface area is 130 Å². The lowest BCUT2D eigenvalue weighted by atomic mass is 10.3. The van der Waals surface area contributed by atoms with Gasteiger partial charge in [-0.1, -0.05) is 0 Å². The fourth-order valence-corrected chi connectivity index (χ4v) is 3.19. The number of hydrogen-bond acceptors (Lipinski definition) is 4. The molecule has 3 N–H and O–H groups in total. The highest BCUT2D eigenvalue weighted by Gasteiger charge is 2.19. The van der Waals surface area contributed by atoms with Crippen LogP contribution >= 0.6 is 15.9 Å². The summed E-state index contributed by atoms with van der Waals surface area (Å²) in [5.74, 6) is -0.459. The van der Waals surface area contributed by atoms with E-state index in [1.54, 1.807) is 6.07 Å². The zero-order chi connectivity index (χ0) is 15.6. The molecule has 0 aliphatic carbocycles. The molecule has 0 saturated heterocycles. The highest BCUT2D eigenvalue weighted by Crippen LogP contribution is 2.29. The summed E-state index contributed by atoms with van der Waals surface area (Å²) >= 11 is 3.26. The van der Waals surface area contributed by atoms with Crippen LogP contribution in [0.4, 0.5) is 15.8 Å². The van der Waals surface area contributed by atoms with Gasteiger partial charge >= 0.3 is 0 Å². The average Bonchev–Trinajstić information content (AvgIpc) is 2.40. The summed E-state index contributed by atoms with van der Waals surface area (Å²) in [6, 6.07) is 8.02. The standard InChI is InChI=1S/C13H12BrFN2O3S/c1-20-12-7-9(3-4-10(12)14)17-21(18,19)13-5-2-8(16)6-11(13)15/h2-7,17H,16H2,1H3. The topological polar surface area (TPSA) is 81.4 Å². The lowest BCUT2D eigenvalue weighted by molar-refractivity contribution is 0.412. The number of methoxy groups -OCH3 is 1. The van der Waals surface area contributed by atoms with E-state index in [-0.39, 0.29) is 11.4 Å². The van der Waals surface area contributed by atoms with E-state index in [4.69, 9.17) is 10.5 Å². The molecule has 0 aromatic heterocycles. The van der Waals surface area contributed by atoms with Gasteiger partial charge in [0.25, 0.3) is 10.0 Å². The summed E-state index contributed by atoms with van der Waals surface area (Å²) in [6.07, 6.45) is 0. The molecule has 21 heavy (non-hydrogen) atoms. The predicted octanol–water partition coefficient (Wildman–Crippen LogP) is 2.98. The molecule has 0 radical (unpaired) electrons. The first-order chi connectivity index (χ1) is 9.83. The first kappa shape index (κ1) is 15.6. The quantitative estimate of drug-likeness (QED) is 0.806. The van der Waals surface area contributed by atoms with Crippen molar-refractivity contribution >= 4 is 37.3 Å². The fourth-order valence-electron chi connectivity index (χ4n) is 1.67. The number of nitrogens with one attached hydrogen (secondary N) is 1. The molecular weight excluding hydrogens is 363 g/mol. The summed E-state index contributed by atoms with van der Waals surface area (Å²) in [4.78, 5) is -0.474. The van der Waals surface area contributed by atoms with Crippen LogP contribution in [0.2, 0.25) is 0 Å². The monoisotopic (exact) mass is 374 g/mol. The van der Waals surface area contributed by atoms with Gasteiger partial charge in [0.1, 0.15) is 16.5 Å². The van der Waals surface area contributed by atoms with Crippen LogP contribution in [-0.4, -0.2) is 15.5 Å². The van der Waals surface area contributed by atoms with Crippen molar-refractivity contribution in [2.75, 3.05) is 17.6 Å². The fraction of sp³-hybridized carbons (Fsp3) is 0.0769. The second-order valence-electron chi connectivity index (χ2n) is 4.14. The largest absolute Gasteiger partial charge is 0.495 e. The maximum atomic E-state index is 13.7. The Bertz CT molecular complexity index is 781. The summed E-state index contributed by atoms with van der Waals surface area (Å²) in [5, 5.41) is 0. The third-order valence-electron chi connectivity index (χ3n) is 2.65. The Morgan fingerprint density at radius 2 is 1.95 bits per heavy atom. The lowest BCUT2D eigenvalue weighted by Crippen LogP contribution is -2.14. The zero-order valence-corrected chi connectivity index (χ0v) is 13.3. The third-order valence-corrected chi connectivity index (χ3v) is 4.72. The van der Waals surface area contributed by atoms with E-state index >= 15 is 0 Å². The number of nitrogen functional groups attached to an aromatic ring is 1. The van der Waals surface area contributed by atoms with Crippen LogP contribution in [0.15, 0.2) is 45.8 Å². The van der Waals surface area contributed by atoms with Crippen LogP contribution in [0.3, 0.4) is 0 Å². The second kappa shape index (κ2) is 5.90. The van der Waals surface area contributed by atoms with Gasteiger partial charge in [-0.2, -0.15) is 0 Å². The van der Waals surface area contributed by atoms with Gasteiger partial charge in [0.05, 0.1) is 17.3 Å². The Kier molecular flexibility index (Phi) is 4.38. The van der Waals surface area contributed by atoms with Gasteiger partial charge in [-0.25, -0.2) is 12.8 Å². The first-order valence-corrected chi connectivity index (χ1v) is 8.02. The van der Waals surface area contributed by atoms with E-state index in [1.165, 1.54) is 25.3 Å². The molecule has 0 heterocycles. The average molecular weight is 375 g/mol. The zero-order valence-electron chi connectivity index (χ0n) is 10.9. The third kappa shape index (κ3) is 3.45. The highest BCUT2D eigenvalue weighted by atomic mass is 79.9. The van der Waals surface area contributed by atoms with E-state index in [9.17, 15) is 12.8 Å². The van der Waals surface area contributed by atoms with Crippen molar-refractivity contribution in [1.29, 1.82) is 0 Å². The van der Waals surface area contributed by atoms with E-state index in [0.717, 1.165) is 12.1 Å². The number of nitrogens with two attached hydrogens (primary N) is 1. The van der Waals surface area contributed by atoms with E-state index in [2.05, 4.69) is 20.7 Å². The molecule has 0 bridgehead atoms. The molecule has 2 aromatic carbocycles. The molecule has 0 amide bonds. The molecule has 0 unspecified atom stereocenters. The Morgan fingerprint density at radius 3 is 2.57 bits per heavy atom. The maximum absolute atomic E-state index is 13.7. The molecule has 0 saturated carbocycles. The molecule has 0 fully saturated rings. The van der Waals surface area contributed by atoms with Crippen LogP contribution in [0.5, 0.6) is 5.75 Å². The Hall–Kier alpha value is -1.80. The van der Waals surface area contributed by atoms with Gasteiger partial charge in [-0.05, 0) is 46.3 Å². The molecule has 112 valence electrons. The number of hydrogen-bond donors (Lipinski definition) is 2. The van der Waals surface area contributed by atoms with E-state index in [1.807, 2.05) is 0 Å². The molecule has 2 rings (SSSR count). The molecule has 0 atom stereocenters. The molecule has 0 aliphatic heterocycles. The minimum absolute atomic E-state index is 0.150. The summed E-state index contributed by atoms with van der Waals surface area (Å²) in [6.45, 7) is 0. The van der Waals surface area contributed by atoms with Crippen molar-refractivity contribution < 1.29 is 17.5 Å².